The lowest BCUT2D eigenvalue weighted by Gasteiger charge is -2.37. The molecule has 2 aliphatic rings. The maximum absolute atomic E-state index is 13.3. The number of fused-ring (bicyclic) bond motifs is 3. The van der Waals surface area contributed by atoms with E-state index in [4.69, 9.17) is 5.11 Å². The first-order valence-corrected chi connectivity index (χ1v) is 8.85. The summed E-state index contributed by atoms with van der Waals surface area (Å²) in [5, 5.41) is 14.6. The fourth-order valence-corrected chi connectivity index (χ4v) is 3.99. The maximum atomic E-state index is 13.3. The molecule has 1 amide bonds. The summed E-state index contributed by atoms with van der Waals surface area (Å²) in [4.78, 5) is 22.8. The van der Waals surface area contributed by atoms with Crippen LogP contribution in [0.25, 0.3) is 0 Å². The standard InChI is InChI=1S/C21H19FN2O3/c22-14-7-4-12(5-8-14)20-16-3-1-2-15(16)17-10-13(6-9-18(17)24-20)21(27)23-11-19(25)26/h1-2,4-10,15-16,20,24H,3,11H2,(H,23,27)(H,25,26)/t15-,16+,20-/m1/s1. The van der Waals surface area contributed by atoms with Gasteiger partial charge < -0.3 is 15.7 Å². The van der Waals surface area contributed by atoms with Crippen molar-refractivity contribution in [2.45, 2.75) is 18.4 Å². The highest BCUT2D eigenvalue weighted by Crippen LogP contribution is 2.49. The number of carboxylic acid groups (broad SMARTS) is 1. The first-order chi connectivity index (χ1) is 13.0. The number of carbonyl (C=O) groups is 2. The van der Waals surface area contributed by atoms with E-state index in [-0.39, 0.29) is 23.7 Å². The van der Waals surface area contributed by atoms with Gasteiger partial charge in [0, 0.05) is 17.2 Å². The monoisotopic (exact) mass is 366 g/mol. The molecular weight excluding hydrogens is 347 g/mol. The summed E-state index contributed by atoms with van der Waals surface area (Å²) >= 11 is 0. The SMILES string of the molecule is O=C(O)CNC(=O)c1ccc2c(c1)[C@@H]1C=CC[C@@H]1[C@@H](c1ccc(F)cc1)N2. The van der Waals surface area contributed by atoms with Crippen molar-refractivity contribution in [1.82, 2.24) is 5.32 Å². The van der Waals surface area contributed by atoms with Crippen molar-refractivity contribution < 1.29 is 19.1 Å². The molecule has 138 valence electrons. The second-order valence-electron chi connectivity index (χ2n) is 6.91. The van der Waals surface area contributed by atoms with Gasteiger partial charge >= 0.3 is 5.97 Å². The molecule has 0 saturated carbocycles. The van der Waals surface area contributed by atoms with E-state index in [1.165, 1.54) is 12.1 Å². The largest absolute Gasteiger partial charge is 0.480 e. The van der Waals surface area contributed by atoms with E-state index < -0.39 is 18.4 Å². The van der Waals surface area contributed by atoms with Gasteiger partial charge in [0.2, 0.25) is 0 Å². The summed E-state index contributed by atoms with van der Waals surface area (Å²) in [6.07, 6.45) is 5.19. The Kier molecular flexibility index (Phi) is 4.39. The van der Waals surface area contributed by atoms with Crippen LogP contribution in [0, 0.1) is 11.7 Å². The Hall–Kier alpha value is -3.15. The van der Waals surface area contributed by atoms with Gasteiger partial charge in [-0.25, -0.2) is 4.39 Å². The second-order valence-corrected chi connectivity index (χ2v) is 6.91. The average Bonchev–Trinajstić information content (AvgIpc) is 3.16. The first-order valence-electron chi connectivity index (χ1n) is 8.85. The first kappa shape index (κ1) is 17.3. The van der Waals surface area contributed by atoms with Gasteiger partial charge in [0.15, 0.2) is 0 Å². The number of anilines is 1. The number of benzene rings is 2. The zero-order chi connectivity index (χ0) is 19.0. The van der Waals surface area contributed by atoms with Crippen LogP contribution >= 0.6 is 0 Å². The zero-order valence-electron chi connectivity index (χ0n) is 14.5. The summed E-state index contributed by atoms with van der Waals surface area (Å²) in [5.74, 6) is -1.31. The molecule has 0 fully saturated rings. The number of amides is 1. The number of halogens is 1. The molecule has 6 heteroatoms. The Labute approximate surface area is 155 Å². The average molecular weight is 366 g/mol. The van der Waals surface area contributed by atoms with Crippen molar-refractivity contribution in [3.63, 3.8) is 0 Å². The van der Waals surface area contributed by atoms with E-state index >= 15 is 0 Å². The fourth-order valence-electron chi connectivity index (χ4n) is 3.99. The van der Waals surface area contributed by atoms with Crippen molar-refractivity contribution in [3.05, 3.63) is 77.1 Å². The van der Waals surface area contributed by atoms with E-state index in [1.807, 2.05) is 12.1 Å². The third-order valence-electron chi connectivity index (χ3n) is 5.25. The fraction of sp³-hybridized carbons (Fsp3) is 0.238. The predicted octanol–water partition coefficient (Wildman–Crippen LogP) is 3.47. The molecular formula is C21H19FN2O3. The van der Waals surface area contributed by atoms with E-state index in [1.54, 1.807) is 18.2 Å². The molecule has 0 radical (unpaired) electrons. The van der Waals surface area contributed by atoms with E-state index in [0.717, 1.165) is 23.2 Å². The minimum absolute atomic E-state index is 0.0600. The second kappa shape index (κ2) is 6.87. The number of allylic oxidation sites excluding steroid dienone is 2. The molecule has 0 unspecified atom stereocenters. The number of carboxylic acids is 1. The van der Waals surface area contributed by atoms with Crippen molar-refractivity contribution in [1.29, 1.82) is 0 Å². The Morgan fingerprint density at radius 3 is 2.70 bits per heavy atom. The summed E-state index contributed by atoms with van der Waals surface area (Å²) in [6, 6.07) is 12.0. The van der Waals surface area contributed by atoms with Crippen LogP contribution in [0.4, 0.5) is 10.1 Å². The Morgan fingerprint density at radius 2 is 1.96 bits per heavy atom. The van der Waals surface area contributed by atoms with Gasteiger partial charge in [-0.2, -0.15) is 0 Å². The van der Waals surface area contributed by atoms with Crippen LogP contribution in [0.5, 0.6) is 0 Å². The third kappa shape index (κ3) is 3.30. The minimum Gasteiger partial charge on any atom is -0.480 e. The molecule has 3 atom stereocenters. The summed E-state index contributed by atoms with van der Waals surface area (Å²) in [5.41, 5.74) is 3.43. The maximum Gasteiger partial charge on any atom is 0.322 e. The van der Waals surface area contributed by atoms with Crippen molar-refractivity contribution in [3.8, 4) is 0 Å². The van der Waals surface area contributed by atoms with E-state index in [2.05, 4.69) is 22.8 Å². The van der Waals surface area contributed by atoms with Crippen LogP contribution in [-0.2, 0) is 4.79 Å². The van der Waals surface area contributed by atoms with Gasteiger partial charge in [-0.3, -0.25) is 9.59 Å². The van der Waals surface area contributed by atoms with E-state index in [0.29, 0.717) is 5.56 Å². The molecule has 27 heavy (non-hydrogen) atoms. The number of carbonyl (C=O) groups excluding carboxylic acids is 1. The van der Waals surface area contributed by atoms with Gasteiger partial charge in [-0.15, -0.1) is 0 Å². The highest BCUT2D eigenvalue weighted by atomic mass is 19.1. The predicted molar refractivity (Wildman–Crippen MR) is 99.2 cm³/mol. The van der Waals surface area contributed by atoms with Crippen LogP contribution in [0.2, 0.25) is 0 Å². The molecule has 1 aliphatic heterocycles. The third-order valence-corrected chi connectivity index (χ3v) is 5.25. The molecule has 4 rings (SSSR count). The summed E-state index contributed by atoms with van der Waals surface area (Å²) < 4.78 is 13.3. The van der Waals surface area contributed by atoms with Crippen molar-refractivity contribution in [2.75, 3.05) is 11.9 Å². The number of nitrogens with one attached hydrogen (secondary N) is 2. The van der Waals surface area contributed by atoms with Gasteiger partial charge in [0.25, 0.3) is 5.91 Å². The van der Waals surface area contributed by atoms with Crippen LogP contribution < -0.4 is 10.6 Å². The smallest absolute Gasteiger partial charge is 0.322 e. The van der Waals surface area contributed by atoms with Crippen LogP contribution in [0.1, 0.15) is 39.9 Å². The lowest BCUT2D eigenvalue weighted by atomic mass is 9.76. The minimum atomic E-state index is -1.08. The van der Waals surface area contributed by atoms with Crippen molar-refractivity contribution in [2.24, 2.45) is 5.92 Å². The molecule has 0 aromatic heterocycles. The highest BCUT2D eigenvalue weighted by molar-refractivity contribution is 5.96. The Balaban J connectivity index is 1.64. The Morgan fingerprint density at radius 1 is 1.19 bits per heavy atom. The quantitative estimate of drug-likeness (QED) is 0.724. The summed E-state index contributed by atoms with van der Waals surface area (Å²) in [7, 11) is 0. The van der Waals surface area contributed by atoms with Gasteiger partial charge in [-0.05, 0) is 53.8 Å². The number of aliphatic carboxylic acids is 1. The molecule has 2 aromatic rings. The Bertz CT molecular complexity index is 924. The molecule has 2 aromatic carbocycles. The molecule has 1 heterocycles. The van der Waals surface area contributed by atoms with E-state index in [9.17, 15) is 14.0 Å². The molecule has 3 N–H and O–H groups in total. The van der Waals surface area contributed by atoms with Gasteiger partial charge in [-0.1, -0.05) is 24.3 Å². The van der Waals surface area contributed by atoms with Gasteiger partial charge in [0.1, 0.15) is 12.4 Å². The summed E-state index contributed by atoms with van der Waals surface area (Å²) in [6.45, 7) is -0.410. The lowest BCUT2D eigenvalue weighted by molar-refractivity contribution is -0.135. The molecule has 0 saturated heterocycles. The van der Waals surface area contributed by atoms with Crippen LogP contribution in [0.15, 0.2) is 54.6 Å². The molecule has 1 aliphatic carbocycles. The zero-order valence-corrected chi connectivity index (χ0v) is 14.5. The van der Waals surface area contributed by atoms with Crippen LogP contribution in [-0.4, -0.2) is 23.5 Å². The number of hydrogen-bond donors (Lipinski definition) is 3. The molecule has 0 spiro atoms. The lowest BCUT2D eigenvalue weighted by Crippen LogP contribution is -2.31. The topological polar surface area (TPSA) is 78.4 Å². The van der Waals surface area contributed by atoms with Crippen LogP contribution in [0.3, 0.4) is 0 Å². The number of hydrogen-bond acceptors (Lipinski definition) is 3. The normalized spacial score (nSPS) is 22.5. The molecule has 5 nitrogen and oxygen atoms in total. The number of rotatable bonds is 4. The van der Waals surface area contributed by atoms with Crippen molar-refractivity contribution >= 4 is 17.6 Å². The molecule has 0 bridgehead atoms. The highest BCUT2D eigenvalue weighted by Gasteiger charge is 2.38. The van der Waals surface area contributed by atoms with Gasteiger partial charge in [0.05, 0.1) is 6.04 Å².